The van der Waals surface area contributed by atoms with Crippen LogP contribution < -0.4 is 5.32 Å². The number of halogens is 3. The van der Waals surface area contributed by atoms with Crippen molar-refractivity contribution >= 4 is 11.3 Å². The molecule has 0 aromatic heterocycles. The second-order valence-corrected chi connectivity index (χ2v) is 6.74. The first-order chi connectivity index (χ1) is 12.5. The molecule has 1 aliphatic carbocycles. The molecule has 1 aliphatic rings. The maximum Gasteiger partial charge on any atom is 0.416 e. The first kappa shape index (κ1) is 18.6. The van der Waals surface area contributed by atoms with Gasteiger partial charge in [-0.05, 0) is 59.4 Å². The lowest BCUT2D eigenvalue weighted by molar-refractivity contribution is -0.137. The van der Waals surface area contributed by atoms with Crippen LogP contribution in [0, 0.1) is 0 Å². The van der Waals surface area contributed by atoms with Crippen molar-refractivity contribution in [1.29, 1.82) is 0 Å². The SMILES string of the molecule is CCCC1=C(CCC)C(Nc2ccc(C(F)(F)F)cc2)c2ccccc21. The molecule has 0 fully saturated rings. The van der Waals surface area contributed by atoms with Crippen LogP contribution in [0.15, 0.2) is 54.1 Å². The summed E-state index contributed by atoms with van der Waals surface area (Å²) in [6.45, 7) is 4.34. The largest absolute Gasteiger partial charge is 0.416 e. The zero-order valence-electron chi connectivity index (χ0n) is 15.2. The Hall–Kier alpha value is -2.23. The standard InChI is InChI=1S/C22H24F3N/c1-3-7-17-18-9-5-6-10-20(18)21(19(17)8-4-2)26-16-13-11-15(12-14-16)22(23,24)25/h5-6,9-14,21,26H,3-4,7-8H2,1-2H3. The van der Waals surface area contributed by atoms with Crippen LogP contribution >= 0.6 is 0 Å². The molecular weight excluding hydrogens is 335 g/mol. The van der Waals surface area contributed by atoms with E-state index >= 15 is 0 Å². The fourth-order valence-corrected chi connectivity index (χ4v) is 3.76. The Balaban J connectivity index is 1.94. The van der Waals surface area contributed by atoms with Crippen LogP contribution in [0.5, 0.6) is 0 Å². The minimum Gasteiger partial charge on any atom is -0.374 e. The zero-order chi connectivity index (χ0) is 18.7. The molecule has 0 heterocycles. The van der Waals surface area contributed by atoms with Crippen molar-refractivity contribution in [3.05, 3.63) is 70.8 Å². The van der Waals surface area contributed by atoms with E-state index in [-0.39, 0.29) is 6.04 Å². The number of rotatable bonds is 6. The van der Waals surface area contributed by atoms with E-state index in [2.05, 4.69) is 37.4 Å². The van der Waals surface area contributed by atoms with Gasteiger partial charge in [-0.2, -0.15) is 13.2 Å². The van der Waals surface area contributed by atoms with Crippen LogP contribution in [-0.2, 0) is 6.18 Å². The summed E-state index contributed by atoms with van der Waals surface area (Å²) in [5.41, 5.74) is 5.36. The van der Waals surface area contributed by atoms with Gasteiger partial charge in [-0.1, -0.05) is 51.0 Å². The molecule has 2 aromatic carbocycles. The topological polar surface area (TPSA) is 12.0 Å². The van der Waals surface area contributed by atoms with Crippen molar-refractivity contribution in [3.63, 3.8) is 0 Å². The minimum atomic E-state index is -4.31. The lowest BCUT2D eigenvalue weighted by Gasteiger charge is -2.20. The van der Waals surface area contributed by atoms with Crippen LogP contribution in [-0.4, -0.2) is 0 Å². The smallest absolute Gasteiger partial charge is 0.374 e. The third-order valence-electron chi connectivity index (χ3n) is 4.88. The summed E-state index contributed by atoms with van der Waals surface area (Å²) in [7, 11) is 0. The Morgan fingerprint density at radius 2 is 1.54 bits per heavy atom. The summed E-state index contributed by atoms with van der Waals surface area (Å²) < 4.78 is 38.4. The van der Waals surface area contributed by atoms with Gasteiger partial charge in [0, 0.05) is 5.69 Å². The van der Waals surface area contributed by atoms with E-state index < -0.39 is 11.7 Å². The van der Waals surface area contributed by atoms with Crippen LogP contribution in [0.25, 0.3) is 5.57 Å². The molecule has 4 heteroatoms. The predicted octanol–water partition coefficient (Wildman–Crippen LogP) is 7.23. The van der Waals surface area contributed by atoms with Crippen LogP contribution in [0.4, 0.5) is 18.9 Å². The summed E-state index contributed by atoms with van der Waals surface area (Å²) in [6, 6.07) is 13.7. The normalized spacial score (nSPS) is 16.7. The Labute approximate surface area is 152 Å². The van der Waals surface area contributed by atoms with Crippen LogP contribution in [0.1, 0.15) is 62.3 Å². The predicted molar refractivity (Wildman–Crippen MR) is 101 cm³/mol. The molecule has 26 heavy (non-hydrogen) atoms. The van der Waals surface area contributed by atoms with E-state index in [1.165, 1.54) is 34.4 Å². The molecule has 1 N–H and O–H groups in total. The van der Waals surface area contributed by atoms with Gasteiger partial charge in [-0.3, -0.25) is 0 Å². The number of alkyl halides is 3. The number of anilines is 1. The van der Waals surface area contributed by atoms with Gasteiger partial charge in [0.1, 0.15) is 0 Å². The molecule has 0 saturated carbocycles. The van der Waals surface area contributed by atoms with E-state index in [4.69, 9.17) is 0 Å². The lowest BCUT2D eigenvalue weighted by Crippen LogP contribution is -2.12. The van der Waals surface area contributed by atoms with Gasteiger partial charge in [-0.15, -0.1) is 0 Å². The molecule has 0 amide bonds. The quantitative estimate of drug-likeness (QED) is 0.574. The third-order valence-corrected chi connectivity index (χ3v) is 4.88. The molecule has 0 spiro atoms. The van der Waals surface area contributed by atoms with Gasteiger partial charge in [-0.25, -0.2) is 0 Å². The molecule has 0 saturated heterocycles. The molecule has 3 rings (SSSR count). The fourth-order valence-electron chi connectivity index (χ4n) is 3.76. The molecule has 0 aliphatic heterocycles. The molecule has 1 unspecified atom stereocenters. The van der Waals surface area contributed by atoms with Crippen molar-refractivity contribution in [2.45, 2.75) is 51.7 Å². The summed E-state index contributed by atoms with van der Waals surface area (Å²) in [4.78, 5) is 0. The van der Waals surface area contributed by atoms with Crippen LogP contribution in [0.3, 0.4) is 0 Å². The highest BCUT2D eigenvalue weighted by Crippen LogP contribution is 2.46. The number of nitrogens with one attached hydrogen (secondary N) is 1. The van der Waals surface area contributed by atoms with Gasteiger partial charge in [0.05, 0.1) is 11.6 Å². The zero-order valence-corrected chi connectivity index (χ0v) is 15.2. The maximum absolute atomic E-state index is 12.8. The first-order valence-electron chi connectivity index (χ1n) is 9.20. The van der Waals surface area contributed by atoms with Crippen molar-refractivity contribution in [1.82, 2.24) is 0 Å². The Morgan fingerprint density at radius 3 is 2.15 bits per heavy atom. The average Bonchev–Trinajstić information content (AvgIpc) is 2.89. The molecule has 0 bridgehead atoms. The van der Waals surface area contributed by atoms with Gasteiger partial charge in [0.15, 0.2) is 0 Å². The second-order valence-electron chi connectivity index (χ2n) is 6.74. The minimum absolute atomic E-state index is 0.0319. The van der Waals surface area contributed by atoms with Crippen LogP contribution in [0.2, 0.25) is 0 Å². The monoisotopic (exact) mass is 359 g/mol. The maximum atomic E-state index is 12.8. The highest BCUT2D eigenvalue weighted by Gasteiger charge is 2.31. The van der Waals surface area contributed by atoms with Crippen molar-refractivity contribution in [2.24, 2.45) is 0 Å². The summed E-state index contributed by atoms with van der Waals surface area (Å²) in [5.74, 6) is 0. The number of benzene rings is 2. The second kappa shape index (κ2) is 7.56. The fraction of sp³-hybridized carbons (Fsp3) is 0.364. The van der Waals surface area contributed by atoms with E-state index in [0.717, 1.165) is 37.8 Å². The Morgan fingerprint density at radius 1 is 0.885 bits per heavy atom. The number of allylic oxidation sites excluding steroid dienone is 1. The van der Waals surface area contributed by atoms with Gasteiger partial charge in [0.25, 0.3) is 0 Å². The van der Waals surface area contributed by atoms with Gasteiger partial charge in [0.2, 0.25) is 0 Å². The molecule has 0 radical (unpaired) electrons. The van der Waals surface area contributed by atoms with Gasteiger partial charge < -0.3 is 5.32 Å². The summed E-state index contributed by atoms with van der Waals surface area (Å²) >= 11 is 0. The third kappa shape index (κ3) is 3.64. The van der Waals surface area contributed by atoms with E-state index in [1.807, 2.05) is 6.07 Å². The lowest BCUT2D eigenvalue weighted by atomic mass is 9.98. The van der Waals surface area contributed by atoms with E-state index in [1.54, 1.807) is 0 Å². The van der Waals surface area contributed by atoms with Crippen molar-refractivity contribution < 1.29 is 13.2 Å². The van der Waals surface area contributed by atoms with E-state index in [9.17, 15) is 13.2 Å². The summed E-state index contributed by atoms with van der Waals surface area (Å²) in [5, 5.41) is 3.47. The highest BCUT2D eigenvalue weighted by atomic mass is 19.4. The van der Waals surface area contributed by atoms with Crippen molar-refractivity contribution in [3.8, 4) is 0 Å². The molecule has 1 nitrogen and oxygen atoms in total. The number of fused-ring (bicyclic) bond motifs is 1. The first-order valence-corrected chi connectivity index (χ1v) is 9.20. The van der Waals surface area contributed by atoms with Gasteiger partial charge >= 0.3 is 6.18 Å². The number of hydrogen-bond acceptors (Lipinski definition) is 1. The molecule has 2 aromatic rings. The molecular formula is C22H24F3N. The molecule has 1 atom stereocenters. The van der Waals surface area contributed by atoms with E-state index in [0.29, 0.717) is 5.69 Å². The van der Waals surface area contributed by atoms with Crippen molar-refractivity contribution in [2.75, 3.05) is 5.32 Å². The number of hydrogen-bond donors (Lipinski definition) is 1. The average molecular weight is 359 g/mol. The Bertz CT molecular complexity index is 788. The molecule has 138 valence electrons. The summed E-state index contributed by atoms with van der Waals surface area (Å²) in [6.07, 6.45) is -0.175. The highest BCUT2D eigenvalue weighted by molar-refractivity contribution is 5.79. The Kier molecular flexibility index (Phi) is 5.40.